The van der Waals surface area contributed by atoms with Crippen LogP contribution in [0.5, 0.6) is 0 Å². The first kappa shape index (κ1) is 21.1. The number of hydrogen-bond donors (Lipinski definition) is 3. The first-order valence-corrected chi connectivity index (χ1v) is 10.0. The van der Waals surface area contributed by atoms with Gasteiger partial charge in [0.25, 0.3) is 0 Å². The topological polar surface area (TPSA) is 96.2 Å². The van der Waals surface area contributed by atoms with E-state index in [4.69, 9.17) is 17.1 Å². The summed E-state index contributed by atoms with van der Waals surface area (Å²) in [6, 6.07) is -0.537. The number of rotatable bonds is 9. The van der Waals surface area contributed by atoms with Gasteiger partial charge in [-0.25, -0.2) is 0 Å². The maximum atomic E-state index is 12.7. The van der Waals surface area contributed by atoms with Gasteiger partial charge in [-0.15, -0.1) is 0 Å². The van der Waals surface area contributed by atoms with E-state index >= 15 is 0 Å². The molecule has 1 fully saturated rings. The lowest BCUT2D eigenvalue weighted by Gasteiger charge is -2.40. The maximum absolute atomic E-state index is 12.7. The molecule has 1 aliphatic rings. The molecule has 0 aromatic heterocycles. The predicted molar refractivity (Wildman–Crippen MR) is 89.4 cm³/mol. The fraction of sp³-hybridized carbons (Fsp3) is 1.00. The highest BCUT2D eigenvalue weighted by molar-refractivity contribution is 7.54. The van der Waals surface area contributed by atoms with Gasteiger partial charge in [0.1, 0.15) is 7.85 Å². The van der Waals surface area contributed by atoms with Crippen LogP contribution in [0.2, 0.25) is 0 Å². The van der Waals surface area contributed by atoms with Gasteiger partial charge in [-0.3, -0.25) is 9.09 Å². The second-order valence-corrected chi connectivity index (χ2v) is 8.47. The van der Waals surface area contributed by atoms with Crippen molar-refractivity contribution in [3.63, 3.8) is 0 Å². The molecule has 23 heavy (non-hydrogen) atoms. The largest absolute Gasteiger partial charge is 0.390 e. The van der Waals surface area contributed by atoms with Crippen LogP contribution >= 0.6 is 7.60 Å². The first-order chi connectivity index (χ1) is 10.6. The highest BCUT2D eigenvalue weighted by atomic mass is 31.2. The van der Waals surface area contributed by atoms with Gasteiger partial charge in [0, 0.05) is 12.4 Å². The van der Waals surface area contributed by atoms with Crippen LogP contribution in [-0.4, -0.2) is 52.1 Å². The van der Waals surface area contributed by atoms with Crippen LogP contribution in [0.1, 0.15) is 66.2 Å². The van der Waals surface area contributed by atoms with Crippen molar-refractivity contribution in [3.8, 4) is 0 Å². The summed E-state index contributed by atoms with van der Waals surface area (Å²) in [5.74, 6) is 0. The molecule has 0 saturated carbocycles. The van der Waals surface area contributed by atoms with E-state index in [-0.39, 0.29) is 19.3 Å². The Morgan fingerprint density at radius 1 is 1.22 bits per heavy atom. The SMILES string of the molecule is [B][C@H]1C[C@H](O)C(CC(CC)(CC)OP(=O)(O)C(O)(CC)CC)O1. The molecule has 2 unspecified atom stereocenters. The Morgan fingerprint density at radius 3 is 2.09 bits per heavy atom. The normalized spacial score (nSPS) is 28.7. The third-order valence-corrected chi connectivity index (χ3v) is 7.41. The second-order valence-electron chi connectivity index (χ2n) is 6.41. The van der Waals surface area contributed by atoms with Crippen LogP contribution in [0.4, 0.5) is 0 Å². The smallest absolute Gasteiger partial charge is 0.359 e. The summed E-state index contributed by atoms with van der Waals surface area (Å²) >= 11 is 0. The van der Waals surface area contributed by atoms with Crippen molar-refractivity contribution in [1.29, 1.82) is 0 Å². The fourth-order valence-electron chi connectivity index (χ4n) is 3.01. The van der Waals surface area contributed by atoms with Gasteiger partial charge < -0.3 is 19.8 Å². The number of ether oxygens (including phenoxy) is 1. The van der Waals surface area contributed by atoms with Gasteiger partial charge in [0.05, 0.1) is 17.8 Å². The lowest BCUT2D eigenvalue weighted by Crippen LogP contribution is -2.40. The minimum Gasteiger partial charge on any atom is -0.390 e. The third-order valence-electron chi connectivity index (χ3n) is 5.09. The number of aliphatic hydroxyl groups excluding tert-OH is 1. The van der Waals surface area contributed by atoms with Crippen LogP contribution < -0.4 is 0 Å². The fourth-order valence-corrected chi connectivity index (χ4v) is 4.84. The zero-order chi connectivity index (χ0) is 17.9. The van der Waals surface area contributed by atoms with Crippen LogP contribution in [0.15, 0.2) is 0 Å². The van der Waals surface area contributed by atoms with E-state index in [1.165, 1.54) is 0 Å². The van der Waals surface area contributed by atoms with E-state index in [2.05, 4.69) is 0 Å². The number of hydrogen-bond acceptors (Lipinski definition) is 5. The second kappa shape index (κ2) is 7.98. The molecule has 1 rings (SSSR count). The zero-order valence-electron chi connectivity index (χ0n) is 14.6. The van der Waals surface area contributed by atoms with Crippen molar-refractivity contribution < 1.29 is 28.9 Å². The highest BCUT2D eigenvalue weighted by Gasteiger charge is 2.50. The molecule has 0 spiro atoms. The summed E-state index contributed by atoms with van der Waals surface area (Å²) in [5, 5.41) is 18.7. The summed E-state index contributed by atoms with van der Waals surface area (Å²) in [6.45, 7) is 7.00. The van der Waals surface area contributed by atoms with Crippen molar-refractivity contribution in [1.82, 2.24) is 0 Å². The van der Waals surface area contributed by atoms with Gasteiger partial charge in [-0.2, -0.15) is 0 Å². The molecule has 0 aromatic rings. The molecule has 1 saturated heterocycles. The Kier molecular flexibility index (Phi) is 7.34. The summed E-state index contributed by atoms with van der Waals surface area (Å²) in [6.07, 6.45) is 0.477. The molecular formula is C15H30BO6P. The molecule has 4 atom stereocenters. The Hall–Kier alpha value is 0.0949. The van der Waals surface area contributed by atoms with E-state index in [9.17, 15) is 19.7 Å². The quantitative estimate of drug-likeness (QED) is 0.437. The lowest BCUT2D eigenvalue weighted by molar-refractivity contribution is -0.0540. The molecule has 0 aromatic carbocycles. The average Bonchev–Trinajstić information content (AvgIpc) is 2.82. The highest BCUT2D eigenvalue weighted by Crippen LogP contribution is 2.61. The molecular weight excluding hydrogens is 318 g/mol. The van der Waals surface area contributed by atoms with E-state index in [1.807, 2.05) is 13.8 Å². The summed E-state index contributed by atoms with van der Waals surface area (Å²) in [5.41, 5.74) is -0.960. The lowest BCUT2D eigenvalue weighted by atomic mass is 9.88. The van der Waals surface area contributed by atoms with Crippen molar-refractivity contribution in [2.24, 2.45) is 0 Å². The summed E-state index contributed by atoms with van der Waals surface area (Å²) in [4.78, 5) is 10.4. The average molecular weight is 348 g/mol. The number of aliphatic hydroxyl groups is 2. The molecule has 3 N–H and O–H groups in total. The van der Waals surface area contributed by atoms with E-state index in [1.54, 1.807) is 13.8 Å². The van der Waals surface area contributed by atoms with Gasteiger partial charge in [-0.05, 0) is 32.1 Å². The van der Waals surface area contributed by atoms with Crippen LogP contribution in [0.3, 0.4) is 0 Å². The Morgan fingerprint density at radius 2 is 1.74 bits per heavy atom. The van der Waals surface area contributed by atoms with E-state index in [0.29, 0.717) is 19.3 Å². The van der Waals surface area contributed by atoms with Crippen LogP contribution in [0, 0.1) is 0 Å². The van der Waals surface area contributed by atoms with Gasteiger partial charge in [-0.1, -0.05) is 27.7 Å². The Labute approximate surface area is 140 Å². The van der Waals surface area contributed by atoms with Crippen molar-refractivity contribution >= 4 is 15.4 Å². The zero-order valence-corrected chi connectivity index (χ0v) is 15.5. The maximum Gasteiger partial charge on any atom is 0.359 e. The Balaban J connectivity index is 2.99. The van der Waals surface area contributed by atoms with E-state index < -0.39 is 36.8 Å². The molecule has 6 nitrogen and oxygen atoms in total. The molecule has 0 amide bonds. The first-order valence-electron chi connectivity index (χ1n) is 8.43. The monoisotopic (exact) mass is 348 g/mol. The minimum atomic E-state index is -4.27. The molecule has 0 aliphatic carbocycles. The van der Waals surface area contributed by atoms with Crippen molar-refractivity contribution in [2.75, 3.05) is 0 Å². The van der Waals surface area contributed by atoms with Crippen molar-refractivity contribution in [3.05, 3.63) is 0 Å². The Bertz CT molecular complexity index is 424. The molecule has 1 heterocycles. The van der Waals surface area contributed by atoms with E-state index in [0.717, 1.165) is 0 Å². The van der Waals surface area contributed by atoms with Gasteiger partial charge in [0.2, 0.25) is 0 Å². The minimum absolute atomic E-state index is 0.119. The van der Waals surface area contributed by atoms with Crippen LogP contribution in [0.25, 0.3) is 0 Å². The molecule has 134 valence electrons. The third kappa shape index (κ3) is 4.59. The standard InChI is InChI=1S/C15H30BO6P/c1-5-14(6-2,10-12-11(17)9-13(16)21-12)22-23(19,20)15(18,7-3)8-4/h11-13,17-18H,5-10H2,1-4H3,(H,19,20)/t11-,12?,13+/m0/s1. The van der Waals surface area contributed by atoms with Gasteiger partial charge in [0.15, 0.2) is 5.34 Å². The van der Waals surface area contributed by atoms with Crippen molar-refractivity contribution in [2.45, 2.75) is 95.4 Å². The summed E-state index contributed by atoms with van der Waals surface area (Å²) in [7, 11) is 1.42. The summed E-state index contributed by atoms with van der Waals surface area (Å²) < 4.78 is 23.9. The molecule has 2 radical (unpaired) electrons. The van der Waals surface area contributed by atoms with Gasteiger partial charge >= 0.3 is 7.60 Å². The molecule has 0 bridgehead atoms. The molecule has 8 heteroatoms. The molecule has 1 aliphatic heterocycles. The predicted octanol–water partition coefficient (Wildman–Crippen LogP) is 2.29. The van der Waals surface area contributed by atoms with Crippen LogP contribution in [-0.2, 0) is 13.8 Å².